The number of allylic oxidation sites excluding steroid dienone is 1. The fraction of sp³-hybridized carbons (Fsp3) is 0.667. The first-order valence-corrected chi connectivity index (χ1v) is 2.61. The van der Waals surface area contributed by atoms with Crippen molar-refractivity contribution in [2.24, 2.45) is 0 Å². The highest BCUT2D eigenvalue weighted by atomic mass is 35.5. The monoisotopic (exact) mass is 136 g/mol. The summed E-state index contributed by atoms with van der Waals surface area (Å²) in [6.45, 7) is 4.01. The first kappa shape index (κ1) is 10.7. The van der Waals surface area contributed by atoms with Gasteiger partial charge in [-0.2, -0.15) is 0 Å². The average Bonchev–Trinajstić information content (AvgIpc) is 1.68. The van der Waals surface area contributed by atoms with Gasteiger partial charge in [-0.15, -0.1) is 12.4 Å². The van der Waals surface area contributed by atoms with Crippen LogP contribution in [0.2, 0.25) is 0 Å². The number of rotatable bonds is 2. The molecule has 0 aliphatic heterocycles. The van der Waals surface area contributed by atoms with E-state index in [9.17, 15) is 0 Å². The normalized spacial score (nSPS) is 10.5. The van der Waals surface area contributed by atoms with E-state index in [0.717, 1.165) is 18.4 Å². The van der Waals surface area contributed by atoms with Crippen molar-refractivity contribution in [1.29, 1.82) is 0 Å². The van der Waals surface area contributed by atoms with Crippen LogP contribution in [-0.2, 0) is 0 Å². The SMILES string of the molecule is CCCC(C)=CO.Cl. The van der Waals surface area contributed by atoms with Crippen LogP contribution in [0.4, 0.5) is 0 Å². The second kappa shape index (κ2) is 6.83. The summed E-state index contributed by atoms with van der Waals surface area (Å²) in [5, 5.41) is 8.30. The van der Waals surface area contributed by atoms with Crippen LogP contribution >= 0.6 is 12.4 Å². The van der Waals surface area contributed by atoms with Crippen LogP contribution in [0.15, 0.2) is 11.8 Å². The van der Waals surface area contributed by atoms with E-state index in [1.807, 2.05) is 6.92 Å². The zero-order chi connectivity index (χ0) is 5.70. The molecule has 8 heavy (non-hydrogen) atoms. The van der Waals surface area contributed by atoms with Crippen LogP contribution in [0.25, 0.3) is 0 Å². The highest BCUT2D eigenvalue weighted by molar-refractivity contribution is 5.85. The molecule has 0 aliphatic rings. The maximum Gasteiger partial charge on any atom is 0.0780 e. The molecule has 0 atom stereocenters. The molecule has 0 aromatic heterocycles. The molecule has 0 spiro atoms. The van der Waals surface area contributed by atoms with Crippen molar-refractivity contribution in [3.8, 4) is 0 Å². The molecule has 50 valence electrons. The Morgan fingerprint density at radius 3 is 2.25 bits per heavy atom. The van der Waals surface area contributed by atoms with Gasteiger partial charge < -0.3 is 5.11 Å². The number of aliphatic hydroxyl groups is 1. The summed E-state index contributed by atoms with van der Waals surface area (Å²) < 4.78 is 0. The molecule has 0 bridgehead atoms. The van der Waals surface area contributed by atoms with Crippen molar-refractivity contribution in [2.45, 2.75) is 26.7 Å². The van der Waals surface area contributed by atoms with Gasteiger partial charge in [0.15, 0.2) is 0 Å². The molecule has 0 heterocycles. The predicted octanol–water partition coefficient (Wildman–Crippen LogP) is 2.67. The molecule has 1 N–H and O–H groups in total. The van der Waals surface area contributed by atoms with Gasteiger partial charge in [0.1, 0.15) is 0 Å². The van der Waals surface area contributed by atoms with Gasteiger partial charge in [0.05, 0.1) is 6.26 Å². The van der Waals surface area contributed by atoms with Gasteiger partial charge in [-0.3, -0.25) is 0 Å². The van der Waals surface area contributed by atoms with Gasteiger partial charge >= 0.3 is 0 Å². The minimum atomic E-state index is 0. The van der Waals surface area contributed by atoms with Gasteiger partial charge in [0.25, 0.3) is 0 Å². The fourth-order valence-corrected chi connectivity index (χ4v) is 0.459. The summed E-state index contributed by atoms with van der Waals surface area (Å²) in [6.07, 6.45) is 3.29. The lowest BCUT2D eigenvalue weighted by atomic mass is 10.2. The van der Waals surface area contributed by atoms with E-state index in [4.69, 9.17) is 5.11 Å². The molecule has 0 unspecified atom stereocenters. The summed E-state index contributed by atoms with van der Waals surface area (Å²) in [5.41, 5.74) is 1.06. The standard InChI is InChI=1S/C6H12O.ClH/c1-3-4-6(2)5-7;/h5,7H,3-4H2,1-2H3;1H. The third kappa shape index (κ3) is 5.83. The molecule has 0 saturated heterocycles. The van der Waals surface area contributed by atoms with Gasteiger partial charge in [0.2, 0.25) is 0 Å². The van der Waals surface area contributed by atoms with Crippen molar-refractivity contribution >= 4 is 12.4 Å². The minimum absolute atomic E-state index is 0. The van der Waals surface area contributed by atoms with E-state index in [1.54, 1.807) is 0 Å². The lowest BCUT2D eigenvalue weighted by Gasteiger charge is -1.89. The maximum absolute atomic E-state index is 8.30. The molecule has 0 aromatic rings. The summed E-state index contributed by atoms with van der Waals surface area (Å²) >= 11 is 0. The smallest absolute Gasteiger partial charge is 0.0780 e. The molecule has 0 fully saturated rings. The Kier molecular flexibility index (Phi) is 9.17. The van der Waals surface area contributed by atoms with Crippen molar-refractivity contribution in [3.63, 3.8) is 0 Å². The Hall–Kier alpha value is -0.170. The van der Waals surface area contributed by atoms with Crippen molar-refractivity contribution in [1.82, 2.24) is 0 Å². The predicted molar refractivity (Wildman–Crippen MR) is 38.5 cm³/mol. The highest BCUT2D eigenvalue weighted by Crippen LogP contribution is 1.99. The van der Waals surface area contributed by atoms with Gasteiger partial charge in [-0.05, 0) is 18.9 Å². The molecule has 0 saturated carbocycles. The summed E-state index contributed by atoms with van der Waals surface area (Å²) in [5.74, 6) is 0. The summed E-state index contributed by atoms with van der Waals surface area (Å²) in [6, 6.07) is 0. The molecule has 2 heteroatoms. The molecule has 0 amide bonds. The van der Waals surface area contributed by atoms with Crippen LogP contribution in [-0.4, -0.2) is 5.11 Å². The topological polar surface area (TPSA) is 20.2 Å². The largest absolute Gasteiger partial charge is 0.516 e. The molecule has 1 nitrogen and oxygen atoms in total. The van der Waals surface area contributed by atoms with E-state index in [0.29, 0.717) is 0 Å². The number of hydrogen-bond donors (Lipinski definition) is 1. The second-order valence-electron chi connectivity index (χ2n) is 1.73. The Morgan fingerprint density at radius 2 is 2.12 bits per heavy atom. The minimum Gasteiger partial charge on any atom is -0.516 e. The Bertz CT molecular complexity index is 68.9. The summed E-state index contributed by atoms with van der Waals surface area (Å²) in [4.78, 5) is 0. The van der Waals surface area contributed by atoms with Crippen LogP contribution in [0.3, 0.4) is 0 Å². The van der Waals surface area contributed by atoms with Crippen LogP contribution in [0.5, 0.6) is 0 Å². The molecule has 0 aromatic carbocycles. The van der Waals surface area contributed by atoms with E-state index in [-0.39, 0.29) is 12.4 Å². The summed E-state index contributed by atoms with van der Waals surface area (Å²) in [7, 11) is 0. The Morgan fingerprint density at radius 1 is 1.62 bits per heavy atom. The highest BCUT2D eigenvalue weighted by Gasteiger charge is 1.81. The molecule has 0 radical (unpaired) electrons. The average molecular weight is 137 g/mol. The molecular formula is C6H13ClO. The van der Waals surface area contributed by atoms with E-state index < -0.39 is 0 Å². The van der Waals surface area contributed by atoms with Crippen LogP contribution in [0, 0.1) is 0 Å². The van der Waals surface area contributed by atoms with Gasteiger partial charge in [0, 0.05) is 0 Å². The Balaban J connectivity index is 0. The van der Waals surface area contributed by atoms with Gasteiger partial charge in [-0.25, -0.2) is 0 Å². The maximum atomic E-state index is 8.30. The molecular weight excluding hydrogens is 124 g/mol. The molecule has 0 rings (SSSR count). The van der Waals surface area contributed by atoms with Gasteiger partial charge in [-0.1, -0.05) is 13.3 Å². The van der Waals surface area contributed by atoms with E-state index in [1.165, 1.54) is 6.26 Å². The van der Waals surface area contributed by atoms with Crippen LogP contribution < -0.4 is 0 Å². The van der Waals surface area contributed by atoms with Crippen molar-refractivity contribution in [3.05, 3.63) is 11.8 Å². The number of hydrogen-bond acceptors (Lipinski definition) is 1. The van der Waals surface area contributed by atoms with Crippen molar-refractivity contribution in [2.75, 3.05) is 0 Å². The second-order valence-corrected chi connectivity index (χ2v) is 1.73. The quantitative estimate of drug-likeness (QED) is 0.579. The number of halogens is 1. The van der Waals surface area contributed by atoms with E-state index in [2.05, 4.69) is 6.92 Å². The van der Waals surface area contributed by atoms with E-state index >= 15 is 0 Å². The third-order valence-corrected chi connectivity index (χ3v) is 0.865. The fourth-order valence-electron chi connectivity index (χ4n) is 0.459. The lowest BCUT2D eigenvalue weighted by molar-refractivity contribution is 0.464. The first-order chi connectivity index (χ1) is 3.31. The Labute approximate surface area is 56.8 Å². The molecule has 0 aliphatic carbocycles. The van der Waals surface area contributed by atoms with Crippen LogP contribution in [0.1, 0.15) is 26.7 Å². The van der Waals surface area contributed by atoms with Crippen molar-refractivity contribution < 1.29 is 5.11 Å². The lowest BCUT2D eigenvalue weighted by Crippen LogP contribution is -1.71. The number of aliphatic hydroxyl groups excluding tert-OH is 1. The first-order valence-electron chi connectivity index (χ1n) is 2.61. The third-order valence-electron chi connectivity index (χ3n) is 0.865. The zero-order valence-corrected chi connectivity index (χ0v) is 6.16. The zero-order valence-electron chi connectivity index (χ0n) is 5.35.